The number of nitriles is 1. The van der Waals surface area contributed by atoms with Crippen LogP contribution in [0.2, 0.25) is 0 Å². The van der Waals surface area contributed by atoms with Gasteiger partial charge in [0.2, 0.25) is 5.91 Å². The zero-order valence-electron chi connectivity index (χ0n) is 11.9. The van der Waals surface area contributed by atoms with E-state index in [2.05, 4.69) is 10.1 Å². The van der Waals surface area contributed by atoms with Gasteiger partial charge < -0.3 is 10.1 Å². The summed E-state index contributed by atoms with van der Waals surface area (Å²) in [5.74, 6) is -1.84. The lowest BCUT2D eigenvalue weighted by Crippen LogP contribution is -2.46. The summed E-state index contributed by atoms with van der Waals surface area (Å²) in [5.41, 5.74) is 0.504. The molecule has 2 atom stereocenters. The van der Waals surface area contributed by atoms with Crippen molar-refractivity contribution in [1.82, 2.24) is 5.32 Å². The number of benzene rings is 1. The molecule has 0 bridgehead atoms. The second-order valence-electron chi connectivity index (χ2n) is 4.71. The third-order valence-corrected chi connectivity index (χ3v) is 3.01. The molecule has 1 aromatic carbocycles. The summed E-state index contributed by atoms with van der Waals surface area (Å²) >= 11 is 0. The predicted molar refractivity (Wildman–Crippen MR) is 73.4 cm³/mol. The lowest BCUT2D eigenvalue weighted by molar-refractivity contribution is -0.146. The first-order valence-electron chi connectivity index (χ1n) is 6.46. The second-order valence-corrected chi connectivity index (χ2v) is 4.71. The molecule has 1 amide bonds. The van der Waals surface area contributed by atoms with Gasteiger partial charge in [0, 0.05) is 12.3 Å². The maximum Gasteiger partial charge on any atom is 0.328 e. The maximum atomic E-state index is 13.0. The Bertz CT molecular complexity index is 554. The lowest BCUT2D eigenvalue weighted by Gasteiger charge is -2.21. The van der Waals surface area contributed by atoms with Gasteiger partial charge in [0.15, 0.2) is 0 Å². The summed E-state index contributed by atoms with van der Waals surface area (Å²) in [6, 6.07) is 6.72. The monoisotopic (exact) mass is 292 g/mol. The number of rotatable bonds is 6. The first-order valence-corrected chi connectivity index (χ1v) is 6.46. The minimum absolute atomic E-state index is 0.0511. The third kappa shape index (κ3) is 5.22. The van der Waals surface area contributed by atoms with Crippen LogP contribution in [0, 0.1) is 23.1 Å². The van der Waals surface area contributed by atoms with Crippen LogP contribution in [0.1, 0.15) is 18.9 Å². The zero-order chi connectivity index (χ0) is 15.8. The summed E-state index contributed by atoms with van der Waals surface area (Å²) in [4.78, 5) is 23.6. The first-order chi connectivity index (χ1) is 9.97. The highest BCUT2D eigenvalue weighted by atomic mass is 19.1. The Morgan fingerprint density at radius 2 is 2.19 bits per heavy atom. The van der Waals surface area contributed by atoms with Crippen LogP contribution in [0.15, 0.2) is 24.3 Å². The quantitative estimate of drug-likeness (QED) is 0.807. The van der Waals surface area contributed by atoms with Crippen LogP contribution in [-0.2, 0) is 20.7 Å². The Labute approximate surface area is 122 Å². The molecule has 0 aliphatic rings. The third-order valence-electron chi connectivity index (χ3n) is 3.01. The molecule has 0 heterocycles. The molecule has 112 valence electrons. The average Bonchev–Trinajstić information content (AvgIpc) is 2.44. The number of ether oxygens (including phenoxy) is 1. The summed E-state index contributed by atoms with van der Waals surface area (Å²) in [5, 5.41) is 11.2. The van der Waals surface area contributed by atoms with Crippen LogP contribution in [0.3, 0.4) is 0 Å². The molecule has 21 heavy (non-hydrogen) atoms. The van der Waals surface area contributed by atoms with E-state index in [0.29, 0.717) is 5.56 Å². The predicted octanol–water partition coefficient (Wildman–Crippen LogP) is 1.58. The number of esters is 1. The van der Waals surface area contributed by atoms with E-state index >= 15 is 0 Å². The summed E-state index contributed by atoms with van der Waals surface area (Å²) in [7, 11) is 1.22. The van der Waals surface area contributed by atoms with Gasteiger partial charge in [-0.1, -0.05) is 19.1 Å². The maximum absolute atomic E-state index is 13.0. The lowest BCUT2D eigenvalue weighted by atomic mass is 9.98. The standard InChI is InChI=1S/C15H17FN2O3/c1-10(6-7-17)14(15(20)21-2)18-13(19)9-11-4-3-5-12(16)8-11/h3-5,8,10,14H,6,9H2,1-2H3,(H,18,19)/t10-,14+/m1/s1. The van der Waals surface area contributed by atoms with Crippen molar-refractivity contribution in [2.24, 2.45) is 5.92 Å². The molecule has 1 N–H and O–H groups in total. The fourth-order valence-corrected chi connectivity index (χ4v) is 1.88. The van der Waals surface area contributed by atoms with Crippen LogP contribution in [-0.4, -0.2) is 25.0 Å². The number of nitrogens with zero attached hydrogens (tertiary/aromatic N) is 1. The zero-order valence-corrected chi connectivity index (χ0v) is 11.9. The minimum atomic E-state index is -0.893. The molecule has 6 heteroatoms. The van der Waals surface area contributed by atoms with Crippen LogP contribution in [0.5, 0.6) is 0 Å². The highest BCUT2D eigenvalue weighted by Crippen LogP contribution is 2.10. The van der Waals surface area contributed by atoms with Gasteiger partial charge in [0.25, 0.3) is 0 Å². The van der Waals surface area contributed by atoms with Crippen LogP contribution < -0.4 is 5.32 Å². The number of hydrogen-bond acceptors (Lipinski definition) is 4. The highest BCUT2D eigenvalue weighted by molar-refractivity contribution is 5.85. The molecule has 1 rings (SSSR count). The molecule has 5 nitrogen and oxygen atoms in total. The Hall–Kier alpha value is -2.42. The van der Waals surface area contributed by atoms with Crippen molar-refractivity contribution in [3.05, 3.63) is 35.6 Å². The Morgan fingerprint density at radius 3 is 2.76 bits per heavy atom. The minimum Gasteiger partial charge on any atom is -0.467 e. The number of amides is 1. The van der Waals surface area contributed by atoms with Crippen molar-refractivity contribution in [3.63, 3.8) is 0 Å². The van der Waals surface area contributed by atoms with Crippen LogP contribution in [0.25, 0.3) is 0 Å². The van der Waals surface area contributed by atoms with E-state index < -0.39 is 23.7 Å². The van der Waals surface area contributed by atoms with Gasteiger partial charge in [0.05, 0.1) is 19.6 Å². The van der Waals surface area contributed by atoms with Crippen molar-refractivity contribution in [3.8, 4) is 6.07 Å². The van der Waals surface area contributed by atoms with E-state index in [4.69, 9.17) is 5.26 Å². The van der Waals surface area contributed by atoms with Crippen molar-refractivity contribution >= 4 is 11.9 Å². The number of hydrogen-bond donors (Lipinski definition) is 1. The number of carbonyl (C=O) groups is 2. The SMILES string of the molecule is COC(=O)[C@@H](NC(=O)Cc1cccc(F)c1)[C@H](C)CC#N. The normalized spacial score (nSPS) is 12.9. The van der Waals surface area contributed by atoms with Crippen molar-refractivity contribution in [2.75, 3.05) is 7.11 Å². The molecular formula is C15H17FN2O3. The average molecular weight is 292 g/mol. The molecule has 0 aliphatic carbocycles. The molecule has 1 aromatic rings. The van der Waals surface area contributed by atoms with Gasteiger partial charge in [-0.2, -0.15) is 5.26 Å². The molecule has 0 fully saturated rings. The molecule has 0 saturated heterocycles. The van der Waals surface area contributed by atoms with Gasteiger partial charge in [-0.05, 0) is 17.7 Å². The highest BCUT2D eigenvalue weighted by Gasteiger charge is 2.27. The van der Waals surface area contributed by atoms with E-state index in [0.717, 1.165) is 0 Å². The molecule has 0 aromatic heterocycles. The summed E-state index contributed by atoms with van der Waals surface area (Å²) in [6.07, 6.45) is 0.0601. The summed E-state index contributed by atoms with van der Waals surface area (Å²) in [6.45, 7) is 1.67. The fraction of sp³-hybridized carbons (Fsp3) is 0.400. The van der Waals surface area contributed by atoms with Crippen molar-refractivity contribution in [1.29, 1.82) is 5.26 Å². The number of nitrogens with one attached hydrogen (secondary N) is 1. The van der Waals surface area contributed by atoms with Gasteiger partial charge in [0.1, 0.15) is 11.9 Å². The molecule has 0 spiro atoms. The molecule has 0 saturated carbocycles. The topological polar surface area (TPSA) is 79.2 Å². The molecule has 0 radical (unpaired) electrons. The van der Waals surface area contributed by atoms with Gasteiger partial charge in [-0.3, -0.25) is 4.79 Å². The summed E-state index contributed by atoms with van der Waals surface area (Å²) < 4.78 is 17.7. The van der Waals surface area contributed by atoms with Crippen LogP contribution in [0.4, 0.5) is 4.39 Å². The Kier molecular flexibility index (Phi) is 6.34. The molecular weight excluding hydrogens is 275 g/mol. The molecule has 0 aliphatic heterocycles. The van der Waals surface area contributed by atoms with Gasteiger partial charge >= 0.3 is 5.97 Å². The number of halogens is 1. The molecule has 0 unspecified atom stereocenters. The van der Waals surface area contributed by atoms with Crippen molar-refractivity contribution in [2.45, 2.75) is 25.8 Å². The van der Waals surface area contributed by atoms with E-state index in [1.165, 1.54) is 25.3 Å². The van der Waals surface area contributed by atoms with Crippen molar-refractivity contribution < 1.29 is 18.7 Å². The first kappa shape index (κ1) is 16.6. The number of methoxy groups -OCH3 is 1. The van der Waals surface area contributed by atoms with Crippen LogP contribution >= 0.6 is 0 Å². The largest absolute Gasteiger partial charge is 0.467 e. The van der Waals surface area contributed by atoms with E-state index in [1.54, 1.807) is 13.0 Å². The number of carbonyl (C=O) groups excluding carboxylic acids is 2. The van der Waals surface area contributed by atoms with Gasteiger partial charge in [-0.25, -0.2) is 9.18 Å². The van der Waals surface area contributed by atoms with Gasteiger partial charge in [-0.15, -0.1) is 0 Å². The van der Waals surface area contributed by atoms with E-state index in [9.17, 15) is 14.0 Å². The second kappa shape index (κ2) is 8.00. The fourth-order valence-electron chi connectivity index (χ4n) is 1.88. The smallest absolute Gasteiger partial charge is 0.328 e. The Morgan fingerprint density at radius 1 is 1.48 bits per heavy atom. The van der Waals surface area contributed by atoms with E-state index in [-0.39, 0.29) is 18.8 Å². The Balaban J connectivity index is 2.72. The van der Waals surface area contributed by atoms with E-state index in [1.807, 2.05) is 6.07 Å².